The Labute approximate surface area is 305 Å². The van der Waals surface area contributed by atoms with Gasteiger partial charge in [0.2, 0.25) is 5.91 Å². The molecular formula is C49H39NO2. The molecule has 2 atom stereocenters. The molecule has 0 saturated carbocycles. The first-order chi connectivity index (χ1) is 25.3. The SMILES string of the molecule is Cc1ccc(/C2=C(\c3ccc4ccccc4c3)C(c3ccc(C)cc3)/C(C(=O)c3ccc4ccccc4c3)=C\NC(=O)C2c2cccc(C)c2)cc1. The highest BCUT2D eigenvalue weighted by molar-refractivity contribution is 6.17. The average molecular weight is 674 g/mol. The Balaban J connectivity index is 1.49. The van der Waals surface area contributed by atoms with Gasteiger partial charge < -0.3 is 5.32 Å². The molecule has 0 fully saturated rings. The van der Waals surface area contributed by atoms with Crippen molar-refractivity contribution in [2.45, 2.75) is 32.6 Å². The Bertz CT molecular complexity index is 2550. The van der Waals surface area contributed by atoms with Gasteiger partial charge in [-0.3, -0.25) is 9.59 Å². The first kappa shape index (κ1) is 32.9. The fourth-order valence-electron chi connectivity index (χ4n) is 7.61. The third kappa shape index (κ3) is 6.27. The van der Waals surface area contributed by atoms with E-state index >= 15 is 4.79 Å². The number of benzene rings is 7. The Morgan fingerprint density at radius 2 is 1.06 bits per heavy atom. The molecule has 0 aliphatic carbocycles. The van der Waals surface area contributed by atoms with Crippen LogP contribution in [0.25, 0.3) is 32.7 Å². The molecule has 1 aliphatic rings. The summed E-state index contributed by atoms with van der Waals surface area (Å²) in [5, 5.41) is 7.42. The van der Waals surface area contributed by atoms with Crippen molar-refractivity contribution < 1.29 is 9.59 Å². The molecule has 2 unspecified atom stereocenters. The molecular weight excluding hydrogens is 635 g/mol. The summed E-state index contributed by atoms with van der Waals surface area (Å²) < 4.78 is 0. The van der Waals surface area contributed by atoms with E-state index in [1.165, 1.54) is 0 Å². The number of nitrogens with one attached hydrogen (secondary N) is 1. The maximum atomic E-state index is 15.1. The number of hydrogen-bond donors (Lipinski definition) is 1. The number of ketones is 1. The minimum Gasteiger partial charge on any atom is -0.331 e. The predicted octanol–water partition coefficient (Wildman–Crippen LogP) is 11.3. The zero-order valence-corrected chi connectivity index (χ0v) is 29.6. The van der Waals surface area contributed by atoms with Crippen molar-refractivity contribution in [3.63, 3.8) is 0 Å². The Morgan fingerprint density at radius 3 is 1.73 bits per heavy atom. The largest absolute Gasteiger partial charge is 0.331 e. The third-order valence-electron chi connectivity index (χ3n) is 10.3. The van der Waals surface area contributed by atoms with Crippen LogP contribution in [0, 0.1) is 20.8 Å². The van der Waals surface area contributed by atoms with Crippen molar-refractivity contribution in [2.75, 3.05) is 0 Å². The summed E-state index contributed by atoms with van der Waals surface area (Å²) in [4.78, 5) is 29.9. The second-order valence-electron chi connectivity index (χ2n) is 13.9. The molecule has 3 heteroatoms. The van der Waals surface area contributed by atoms with E-state index in [4.69, 9.17) is 0 Å². The number of carbonyl (C=O) groups excluding carboxylic acids is 2. The van der Waals surface area contributed by atoms with Crippen LogP contribution in [-0.4, -0.2) is 11.7 Å². The van der Waals surface area contributed by atoms with Crippen LogP contribution in [-0.2, 0) is 4.79 Å². The number of hydrogen-bond acceptors (Lipinski definition) is 2. The van der Waals surface area contributed by atoms with Crippen LogP contribution < -0.4 is 5.32 Å². The lowest BCUT2D eigenvalue weighted by Gasteiger charge is -2.33. The summed E-state index contributed by atoms with van der Waals surface area (Å²) in [6.07, 6.45) is 1.68. The molecule has 7 aromatic rings. The molecule has 0 aromatic heterocycles. The summed E-state index contributed by atoms with van der Waals surface area (Å²) >= 11 is 0. The number of allylic oxidation sites excluding steroid dienone is 2. The molecule has 1 aliphatic heterocycles. The van der Waals surface area contributed by atoms with Crippen molar-refractivity contribution in [1.82, 2.24) is 5.32 Å². The number of amides is 1. The van der Waals surface area contributed by atoms with E-state index < -0.39 is 11.8 Å². The highest BCUT2D eigenvalue weighted by atomic mass is 16.2. The molecule has 1 heterocycles. The predicted molar refractivity (Wildman–Crippen MR) is 214 cm³/mol. The molecule has 0 radical (unpaired) electrons. The molecule has 1 amide bonds. The molecule has 0 saturated heterocycles. The van der Waals surface area contributed by atoms with Gasteiger partial charge in [-0.2, -0.15) is 0 Å². The molecule has 7 aromatic carbocycles. The van der Waals surface area contributed by atoms with Gasteiger partial charge in [0, 0.05) is 23.3 Å². The van der Waals surface area contributed by atoms with Gasteiger partial charge >= 0.3 is 0 Å². The lowest BCUT2D eigenvalue weighted by Crippen LogP contribution is -2.31. The Kier molecular flexibility index (Phi) is 8.70. The zero-order chi connectivity index (χ0) is 35.8. The maximum absolute atomic E-state index is 15.1. The Hall–Kier alpha value is -6.32. The van der Waals surface area contributed by atoms with E-state index in [1.807, 2.05) is 60.7 Å². The number of carbonyl (C=O) groups is 2. The van der Waals surface area contributed by atoms with Crippen molar-refractivity contribution in [3.05, 3.63) is 214 Å². The summed E-state index contributed by atoms with van der Waals surface area (Å²) in [5.41, 5.74) is 9.97. The van der Waals surface area contributed by atoms with Gasteiger partial charge in [-0.1, -0.05) is 162 Å². The van der Waals surface area contributed by atoms with Crippen LogP contribution in [0.3, 0.4) is 0 Å². The van der Waals surface area contributed by atoms with Crippen LogP contribution in [0.2, 0.25) is 0 Å². The molecule has 0 bridgehead atoms. The number of Topliss-reactive ketones (excluding diaryl/α,β-unsaturated/α-hetero) is 1. The zero-order valence-electron chi connectivity index (χ0n) is 29.6. The van der Waals surface area contributed by atoms with Gasteiger partial charge in [0.1, 0.15) is 0 Å². The van der Waals surface area contributed by atoms with E-state index in [1.54, 1.807) is 6.20 Å². The minimum atomic E-state index is -0.661. The fourth-order valence-corrected chi connectivity index (χ4v) is 7.61. The lowest BCUT2D eigenvalue weighted by atomic mass is 9.71. The van der Waals surface area contributed by atoms with Crippen LogP contribution >= 0.6 is 0 Å². The van der Waals surface area contributed by atoms with Crippen molar-refractivity contribution >= 4 is 44.4 Å². The van der Waals surface area contributed by atoms with Crippen LogP contribution in [0.15, 0.2) is 169 Å². The van der Waals surface area contributed by atoms with Gasteiger partial charge in [-0.15, -0.1) is 0 Å². The van der Waals surface area contributed by atoms with Gasteiger partial charge in [0.25, 0.3) is 0 Å². The average Bonchev–Trinajstić information content (AvgIpc) is 3.16. The molecule has 8 rings (SSSR count). The smallest absolute Gasteiger partial charge is 0.235 e. The van der Waals surface area contributed by atoms with Gasteiger partial charge in [-0.05, 0) is 87.8 Å². The van der Waals surface area contributed by atoms with Crippen molar-refractivity contribution in [3.8, 4) is 0 Å². The van der Waals surface area contributed by atoms with Crippen LogP contribution in [0.1, 0.15) is 61.1 Å². The van der Waals surface area contributed by atoms with E-state index in [0.29, 0.717) is 11.1 Å². The number of fused-ring (bicyclic) bond motifs is 2. The fraction of sp³-hybridized carbons (Fsp3) is 0.102. The highest BCUT2D eigenvalue weighted by Gasteiger charge is 2.38. The topological polar surface area (TPSA) is 46.2 Å². The molecule has 1 N–H and O–H groups in total. The number of aryl methyl sites for hydroxylation is 3. The van der Waals surface area contributed by atoms with E-state index in [9.17, 15) is 4.79 Å². The minimum absolute atomic E-state index is 0.132. The summed E-state index contributed by atoms with van der Waals surface area (Å²) in [7, 11) is 0. The monoisotopic (exact) mass is 673 g/mol. The second kappa shape index (κ2) is 13.8. The normalized spacial score (nSPS) is 18.7. The standard InChI is InChI=1S/C49H39NO2/c1-31-15-19-36(20-16-31)44-43(48(51)42-26-24-35-11-5-7-13-39(35)29-42)30-50-49(52)47(40-14-8-9-33(3)27-40)45(37-21-17-32(2)18-22-37)46(44)41-25-23-34-10-4-6-12-38(34)28-41/h4-30,44,47H,1-3H3,(H,50,52)/b43-30+,46-45-. The maximum Gasteiger partial charge on any atom is 0.235 e. The van der Waals surface area contributed by atoms with Gasteiger partial charge in [-0.25, -0.2) is 0 Å². The molecule has 3 nitrogen and oxygen atoms in total. The summed E-state index contributed by atoms with van der Waals surface area (Å²) in [6.45, 7) is 6.20. The number of rotatable bonds is 6. The van der Waals surface area contributed by atoms with E-state index in [-0.39, 0.29) is 11.7 Å². The quantitative estimate of drug-likeness (QED) is 0.179. The van der Waals surface area contributed by atoms with Gasteiger partial charge in [0.15, 0.2) is 5.78 Å². The van der Waals surface area contributed by atoms with Crippen LogP contribution in [0.5, 0.6) is 0 Å². The Morgan fingerprint density at radius 1 is 0.481 bits per heavy atom. The van der Waals surface area contributed by atoms with E-state index in [2.05, 4.69) is 123 Å². The second-order valence-corrected chi connectivity index (χ2v) is 13.9. The summed E-state index contributed by atoms with van der Waals surface area (Å²) in [6, 6.07) is 53.9. The van der Waals surface area contributed by atoms with Gasteiger partial charge in [0.05, 0.1) is 5.92 Å². The lowest BCUT2D eigenvalue weighted by molar-refractivity contribution is -0.120. The first-order valence-corrected chi connectivity index (χ1v) is 17.8. The highest BCUT2D eigenvalue weighted by Crippen LogP contribution is 2.49. The molecule has 52 heavy (non-hydrogen) atoms. The molecule has 0 spiro atoms. The van der Waals surface area contributed by atoms with Crippen LogP contribution in [0.4, 0.5) is 0 Å². The van der Waals surface area contributed by atoms with Crippen molar-refractivity contribution in [1.29, 1.82) is 0 Å². The third-order valence-corrected chi connectivity index (χ3v) is 10.3. The first-order valence-electron chi connectivity index (χ1n) is 17.8. The molecule has 252 valence electrons. The summed E-state index contributed by atoms with van der Waals surface area (Å²) in [5.74, 6) is -1.51. The van der Waals surface area contributed by atoms with E-state index in [0.717, 1.165) is 71.6 Å². The van der Waals surface area contributed by atoms with Crippen molar-refractivity contribution in [2.24, 2.45) is 0 Å².